The number of hydrogen-bond donors (Lipinski definition) is 0. The quantitative estimate of drug-likeness (QED) is 0.267. The number of carbonyl (C=O) groups is 2. The summed E-state index contributed by atoms with van der Waals surface area (Å²) in [5.74, 6) is -0.704. The molecule has 3 aliphatic carbocycles. The number of amides is 2. The van der Waals surface area contributed by atoms with Crippen molar-refractivity contribution in [1.29, 1.82) is 0 Å². The van der Waals surface area contributed by atoms with Crippen LogP contribution < -0.4 is 4.74 Å². The molecule has 1 aliphatic heterocycles. The first-order chi connectivity index (χ1) is 13.0. The topological polar surface area (TPSA) is 102 Å². The Bertz CT molecular complexity index is 915. The lowest BCUT2D eigenvalue weighted by Crippen LogP contribution is -2.30. The molecule has 1 spiro atoms. The minimum absolute atomic E-state index is 0.136. The fraction of sp³-hybridized carbons (Fsp3) is 0.421. The highest BCUT2D eigenvalue weighted by Gasteiger charge is 2.73. The van der Waals surface area contributed by atoms with Crippen LogP contribution in [0, 0.1) is 39.2 Å². The molecule has 4 aliphatic rings. The third kappa shape index (κ3) is 2.01. The molecule has 1 aromatic carbocycles. The molecule has 0 unspecified atom stereocenters. The summed E-state index contributed by atoms with van der Waals surface area (Å²) in [5.41, 5.74) is 0.364. The summed E-state index contributed by atoms with van der Waals surface area (Å²) >= 11 is 0. The van der Waals surface area contributed by atoms with Gasteiger partial charge in [-0.05, 0) is 42.2 Å². The smallest absolute Gasteiger partial charge is 0.311 e. The van der Waals surface area contributed by atoms with E-state index >= 15 is 0 Å². The van der Waals surface area contributed by atoms with E-state index in [1.54, 1.807) is 6.07 Å². The lowest BCUT2D eigenvalue weighted by atomic mass is 9.85. The number of methoxy groups -OCH3 is 1. The van der Waals surface area contributed by atoms with Gasteiger partial charge in [0.25, 0.3) is 11.8 Å². The molecule has 3 fully saturated rings. The summed E-state index contributed by atoms with van der Waals surface area (Å²) in [6.45, 7) is 0. The second-order valence-corrected chi connectivity index (χ2v) is 7.64. The number of rotatable bonds is 4. The minimum Gasteiger partial charge on any atom is -0.490 e. The molecule has 2 bridgehead atoms. The van der Waals surface area contributed by atoms with Crippen molar-refractivity contribution in [1.82, 2.24) is 5.01 Å². The van der Waals surface area contributed by atoms with E-state index in [1.807, 2.05) is 0 Å². The van der Waals surface area contributed by atoms with Crippen LogP contribution in [0.4, 0.5) is 5.69 Å². The molecule has 8 nitrogen and oxygen atoms in total. The van der Waals surface area contributed by atoms with Crippen molar-refractivity contribution < 1.29 is 19.2 Å². The molecule has 0 aromatic heterocycles. The van der Waals surface area contributed by atoms with Gasteiger partial charge in [0, 0.05) is 11.6 Å². The highest BCUT2D eigenvalue weighted by Crippen LogP contribution is 2.73. The molecule has 27 heavy (non-hydrogen) atoms. The number of nitro groups is 1. The van der Waals surface area contributed by atoms with Crippen LogP contribution in [0.25, 0.3) is 0 Å². The van der Waals surface area contributed by atoms with E-state index in [2.05, 4.69) is 17.3 Å². The standard InChI is InChI=1S/C19H17N3O5/c1-27-14-5-2-10(8-13(14)22(25)26)9-20-21-17(23)15-11-3-4-12(16(15)18(21)24)19(11)6-7-19/h2-5,8-9,11-12,15-16H,6-7H2,1H3/b20-9-/t11-,12-,15+,16+/m1/s1. The normalized spacial score (nSPS) is 32.0. The van der Waals surface area contributed by atoms with Crippen LogP contribution >= 0.6 is 0 Å². The predicted octanol–water partition coefficient (Wildman–Crippen LogP) is 2.13. The van der Waals surface area contributed by atoms with Gasteiger partial charge in [0.05, 0.1) is 30.1 Å². The van der Waals surface area contributed by atoms with Crippen molar-refractivity contribution >= 4 is 23.7 Å². The average molecular weight is 367 g/mol. The van der Waals surface area contributed by atoms with E-state index in [-0.39, 0.29) is 52.3 Å². The Morgan fingerprint density at radius 1 is 1.22 bits per heavy atom. The molecule has 2 saturated carbocycles. The zero-order valence-corrected chi connectivity index (χ0v) is 14.6. The summed E-state index contributed by atoms with van der Waals surface area (Å²) in [4.78, 5) is 36.2. The third-order valence-corrected chi connectivity index (χ3v) is 6.55. The summed E-state index contributed by atoms with van der Waals surface area (Å²) < 4.78 is 4.97. The molecular formula is C19H17N3O5. The number of imide groups is 1. The van der Waals surface area contributed by atoms with Gasteiger partial charge in [0.2, 0.25) is 0 Å². The zero-order valence-electron chi connectivity index (χ0n) is 14.6. The summed E-state index contributed by atoms with van der Waals surface area (Å²) in [7, 11) is 1.35. The van der Waals surface area contributed by atoms with E-state index in [0.29, 0.717) is 5.56 Å². The van der Waals surface area contributed by atoms with E-state index in [0.717, 1.165) is 17.9 Å². The number of hydrazone groups is 1. The first-order valence-electron chi connectivity index (χ1n) is 8.90. The highest BCUT2D eigenvalue weighted by atomic mass is 16.6. The van der Waals surface area contributed by atoms with Crippen molar-refractivity contribution in [2.24, 2.45) is 34.2 Å². The lowest BCUT2D eigenvalue weighted by molar-refractivity contribution is -0.385. The van der Waals surface area contributed by atoms with Crippen LogP contribution in [0.2, 0.25) is 0 Å². The van der Waals surface area contributed by atoms with Crippen LogP contribution in [-0.4, -0.2) is 35.1 Å². The van der Waals surface area contributed by atoms with E-state index in [9.17, 15) is 19.7 Å². The Labute approximate surface area is 154 Å². The largest absolute Gasteiger partial charge is 0.490 e. The van der Waals surface area contributed by atoms with E-state index < -0.39 is 4.92 Å². The van der Waals surface area contributed by atoms with Crippen LogP contribution in [0.1, 0.15) is 18.4 Å². The molecule has 2 amide bonds. The Morgan fingerprint density at radius 3 is 2.37 bits per heavy atom. The first-order valence-corrected chi connectivity index (χ1v) is 8.90. The number of ether oxygens (including phenoxy) is 1. The monoisotopic (exact) mass is 367 g/mol. The number of nitrogens with zero attached hydrogens (tertiary/aromatic N) is 3. The van der Waals surface area contributed by atoms with Crippen LogP contribution in [-0.2, 0) is 9.59 Å². The van der Waals surface area contributed by atoms with Gasteiger partial charge in [-0.2, -0.15) is 10.1 Å². The first kappa shape index (κ1) is 16.2. The van der Waals surface area contributed by atoms with Gasteiger partial charge in [-0.25, -0.2) is 0 Å². The van der Waals surface area contributed by atoms with Crippen LogP contribution in [0.3, 0.4) is 0 Å². The number of fused-ring (bicyclic) bond motifs is 3. The summed E-state index contributed by atoms with van der Waals surface area (Å²) in [6, 6.07) is 4.35. The Kier molecular flexibility index (Phi) is 3.14. The van der Waals surface area contributed by atoms with Crippen molar-refractivity contribution in [2.75, 3.05) is 7.11 Å². The molecule has 1 saturated heterocycles. The zero-order chi connectivity index (χ0) is 18.9. The van der Waals surface area contributed by atoms with Gasteiger partial charge >= 0.3 is 5.69 Å². The molecule has 4 atom stereocenters. The van der Waals surface area contributed by atoms with Gasteiger partial charge in [0.1, 0.15) is 0 Å². The van der Waals surface area contributed by atoms with Crippen molar-refractivity contribution in [3.8, 4) is 5.75 Å². The van der Waals surface area contributed by atoms with Gasteiger partial charge in [-0.15, -0.1) is 0 Å². The fourth-order valence-corrected chi connectivity index (χ4v) is 5.23. The number of carbonyl (C=O) groups excluding carboxylic acids is 2. The van der Waals surface area contributed by atoms with Gasteiger partial charge < -0.3 is 4.74 Å². The highest BCUT2D eigenvalue weighted by molar-refractivity contribution is 6.07. The number of allylic oxidation sites excluding steroid dienone is 2. The Morgan fingerprint density at radius 2 is 1.85 bits per heavy atom. The molecule has 1 heterocycles. The van der Waals surface area contributed by atoms with Crippen molar-refractivity contribution in [3.05, 3.63) is 46.0 Å². The molecule has 0 N–H and O–H groups in total. The summed E-state index contributed by atoms with van der Waals surface area (Å²) in [5, 5.41) is 16.2. The van der Waals surface area contributed by atoms with E-state index in [4.69, 9.17) is 4.74 Å². The van der Waals surface area contributed by atoms with Crippen LogP contribution in [0.5, 0.6) is 5.75 Å². The van der Waals surface area contributed by atoms with E-state index in [1.165, 1.54) is 25.5 Å². The fourth-order valence-electron chi connectivity index (χ4n) is 5.23. The second kappa shape index (κ2) is 5.25. The molecule has 5 rings (SSSR count). The number of nitro benzene ring substituents is 1. The van der Waals surface area contributed by atoms with Gasteiger partial charge in [-0.3, -0.25) is 19.7 Å². The second-order valence-electron chi connectivity index (χ2n) is 7.64. The maximum atomic E-state index is 12.8. The van der Waals surface area contributed by atoms with Crippen molar-refractivity contribution in [2.45, 2.75) is 12.8 Å². The third-order valence-electron chi connectivity index (χ3n) is 6.55. The molecular weight excluding hydrogens is 350 g/mol. The van der Waals surface area contributed by atoms with Crippen molar-refractivity contribution in [3.63, 3.8) is 0 Å². The summed E-state index contributed by atoms with van der Waals surface area (Å²) in [6.07, 6.45) is 7.68. The lowest BCUT2D eigenvalue weighted by Gasteiger charge is -2.18. The Hall–Kier alpha value is -3.03. The van der Waals surface area contributed by atoms with Gasteiger partial charge in [-0.1, -0.05) is 12.2 Å². The maximum absolute atomic E-state index is 12.8. The molecule has 8 heteroatoms. The average Bonchev–Trinajstić information content (AvgIpc) is 3.26. The minimum atomic E-state index is -0.550. The predicted molar refractivity (Wildman–Crippen MR) is 93.9 cm³/mol. The Balaban J connectivity index is 1.41. The maximum Gasteiger partial charge on any atom is 0.311 e. The van der Waals surface area contributed by atoms with Gasteiger partial charge in [0.15, 0.2) is 5.75 Å². The van der Waals surface area contributed by atoms with Crippen LogP contribution in [0.15, 0.2) is 35.5 Å². The SMILES string of the molecule is COc1ccc(/C=N\N2C(=O)[C@@H]3[C@@H](C2=O)[C@H]2C=C[C@H]3C23CC3)cc1[N+](=O)[O-]. The number of hydrogen-bond acceptors (Lipinski definition) is 6. The molecule has 1 aromatic rings. The number of benzene rings is 1. The molecule has 0 radical (unpaired) electrons. The molecule has 138 valence electrons.